The molecule has 1 amide bonds. The predicted molar refractivity (Wildman–Crippen MR) is 115 cm³/mol. The van der Waals surface area contributed by atoms with E-state index in [1.807, 2.05) is 56.3 Å². The first-order valence-electron chi connectivity index (χ1n) is 9.90. The van der Waals surface area contributed by atoms with E-state index in [4.69, 9.17) is 9.15 Å². The Labute approximate surface area is 176 Å². The number of carbonyl (C=O) groups excluding carboxylic acids is 2. The molecule has 1 N–H and O–H groups in total. The highest BCUT2D eigenvalue weighted by atomic mass is 16.5. The summed E-state index contributed by atoms with van der Waals surface area (Å²) in [5.74, 6) is -0.0284. The van der Waals surface area contributed by atoms with Gasteiger partial charge in [0.2, 0.25) is 0 Å². The molecule has 0 saturated heterocycles. The number of hydrogen-bond acceptors (Lipinski definition) is 5. The van der Waals surface area contributed by atoms with Gasteiger partial charge in [-0.25, -0.2) is 4.79 Å². The van der Waals surface area contributed by atoms with E-state index in [9.17, 15) is 9.59 Å². The predicted octanol–water partition coefficient (Wildman–Crippen LogP) is 4.49. The molecular formula is C24H26N2O4. The van der Waals surface area contributed by atoms with E-state index in [0.717, 1.165) is 11.3 Å². The van der Waals surface area contributed by atoms with E-state index in [1.165, 1.54) is 0 Å². The first-order chi connectivity index (χ1) is 14.5. The van der Waals surface area contributed by atoms with Crippen LogP contribution >= 0.6 is 0 Å². The Bertz CT molecular complexity index is 952. The lowest BCUT2D eigenvalue weighted by Crippen LogP contribution is -2.39. The van der Waals surface area contributed by atoms with Gasteiger partial charge in [0.1, 0.15) is 5.76 Å². The maximum atomic E-state index is 12.7. The maximum Gasteiger partial charge on any atom is 0.340 e. The van der Waals surface area contributed by atoms with Crippen molar-refractivity contribution >= 4 is 17.6 Å². The summed E-state index contributed by atoms with van der Waals surface area (Å²) in [6, 6.07) is 20.4. The third-order valence-electron chi connectivity index (χ3n) is 4.65. The van der Waals surface area contributed by atoms with Crippen LogP contribution in [-0.2, 0) is 22.6 Å². The number of benzene rings is 2. The molecule has 0 bridgehead atoms. The topological polar surface area (TPSA) is 71.8 Å². The smallest absolute Gasteiger partial charge is 0.340 e. The third kappa shape index (κ3) is 5.73. The average molecular weight is 406 g/mol. The minimum absolute atomic E-state index is 0.0151. The van der Waals surface area contributed by atoms with Crippen molar-refractivity contribution < 1.29 is 18.7 Å². The van der Waals surface area contributed by atoms with Gasteiger partial charge < -0.3 is 19.4 Å². The van der Waals surface area contributed by atoms with Crippen molar-refractivity contribution in [2.45, 2.75) is 33.0 Å². The number of anilines is 1. The fourth-order valence-electron chi connectivity index (χ4n) is 3.04. The second kappa shape index (κ2) is 10.3. The molecule has 1 aromatic heterocycles. The van der Waals surface area contributed by atoms with Crippen molar-refractivity contribution in [3.63, 3.8) is 0 Å². The molecule has 0 saturated carbocycles. The molecule has 0 aliphatic carbocycles. The molecule has 0 aliphatic rings. The standard InChI is InChI=1S/C24H26N2O4/c1-18(2)26(16-19-9-4-3-5-10-19)23(27)17-30-24(28)21-12-6-7-13-22(21)25-15-20-11-8-14-29-20/h3-14,18,25H,15-17H2,1-2H3. The van der Waals surface area contributed by atoms with E-state index in [2.05, 4.69) is 5.32 Å². The normalized spacial score (nSPS) is 10.6. The number of para-hydroxylation sites is 1. The van der Waals surface area contributed by atoms with Crippen LogP contribution in [0.1, 0.15) is 35.5 Å². The molecule has 1 heterocycles. The Morgan fingerprint density at radius 1 is 1.00 bits per heavy atom. The van der Waals surface area contributed by atoms with E-state index < -0.39 is 5.97 Å². The second-order valence-electron chi connectivity index (χ2n) is 7.16. The minimum Gasteiger partial charge on any atom is -0.467 e. The zero-order valence-corrected chi connectivity index (χ0v) is 17.2. The van der Waals surface area contributed by atoms with Crippen molar-refractivity contribution in [1.82, 2.24) is 4.90 Å². The first kappa shape index (κ1) is 21.2. The molecule has 0 radical (unpaired) electrons. The van der Waals surface area contributed by atoms with Crippen molar-refractivity contribution in [2.75, 3.05) is 11.9 Å². The summed E-state index contributed by atoms with van der Waals surface area (Å²) in [7, 11) is 0. The molecule has 0 unspecified atom stereocenters. The fourth-order valence-corrected chi connectivity index (χ4v) is 3.04. The van der Waals surface area contributed by atoms with Crippen molar-refractivity contribution in [3.05, 3.63) is 89.9 Å². The van der Waals surface area contributed by atoms with E-state index in [-0.39, 0.29) is 18.6 Å². The molecule has 156 valence electrons. The highest BCUT2D eigenvalue weighted by Gasteiger charge is 2.20. The van der Waals surface area contributed by atoms with Crippen LogP contribution in [0.15, 0.2) is 77.4 Å². The highest BCUT2D eigenvalue weighted by Crippen LogP contribution is 2.18. The minimum atomic E-state index is -0.547. The van der Waals surface area contributed by atoms with Crippen LogP contribution in [0.5, 0.6) is 0 Å². The zero-order valence-electron chi connectivity index (χ0n) is 17.2. The number of rotatable bonds is 9. The zero-order chi connectivity index (χ0) is 21.3. The first-order valence-corrected chi connectivity index (χ1v) is 9.90. The average Bonchev–Trinajstić information content (AvgIpc) is 3.28. The number of nitrogens with one attached hydrogen (secondary N) is 1. The number of furan rings is 1. The van der Waals surface area contributed by atoms with E-state index in [0.29, 0.717) is 24.3 Å². The Balaban J connectivity index is 1.60. The summed E-state index contributed by atoms with van der Waals surface area (Å²) in [6.45, 7) is 4.48. The lowest BCUT2D eigenvalue weighted by Gasteiger charge is -2.26. The van der Waals surface area contributed by atoms with Gasteiger partial charge in [-0.2, -0.15) is 0 Å². The Morgan fingerprint density at radius 3 is 2.43 bits per heavy atom. The van der Waals surface area contributed by atoms with Gasteiger partial charge in [-0.15, -0.1) is 0 Å². The van der Waals surface area contributed by atoms with Gasteiger partial charge in [0.25, 0.3) is 5.91 Å². The van der Waals surface area contributed by atoms with Gasteiger partial charge in [-0.3, -0.25) is 4.79 Å². The van der Waals surface area contributed by atoms with E-state index in [1.54, 1.807) is 35.4 Å². The largest absolute Gasteiger partial charge is 0.467 e. The van der Waals surface area contributed by atoms with Gasteiger partial charge >= 0.3 is 5.97 Å². The Morgan fingerprint density at radius 2 is 1.73 bits per heavy atom. The summed E-state index contributed by atoms with van der Waals surface area (Å²) in [6.07, 6.45) is 1.60. The molecule has 0 atom stereocenters. The summed E-state index contributed by atoms with van der Waals surface area (Å²) in [5, 5.41) is 3.17. The molecule has 0 aliphatic heterocycles. The van der Waals surface area contributed by atoms with Crippen LogP contribution in [0, 0.1) is 0 Å². The summed E-state index contributed by atoms with van der Waals surface area (Å²) in [5.41, 5.74) is 2.02. The number of ether oxygens (including phenoxy) is 1. The lowest BCUT2D eigenvalue weighted by atomic mass is 10.1. The van der Waals surface area contributed by atoms with Crippen LogP contribution in [0.25, 0.3) is 0 Å². The lowest BCUT2D eigenvalue weighted by molar-refractivity contribution is -0.136. The fraction of sp³-hybridized carbons (Fsp3) is 0.250. The highest BCUT2D eigenvalue weighted by molar-refractivity contribution is 5.96. The molecule has 30 heavy (non-hydrogen) atoms. The molecule has 3 aromatic rings. The number of carbonyl (C=O) groups is 2. The number of hydrogen-bond donors (Lipinski definition) is 1. The Kier molecular flexibility index (Phi) is 7.27. The van der Waals surface area contributed by atoms with Crippen molar-refractivity contribution in [2.24, 2.45) is 0 Å². The van der Waals surface area contributed by atoms with Gasteiger partial charge in [0.15, 0.2) is 6.61 Å². The van der Waals surface area contributed by atoms with Gasteiger partial charge in [0.05, 0.1) is 18.4 Å². The quantitative estimate of drug-likeness (QED) is 0.530. The van der Waals surface area contributed by atoms with Crippen LogP contribution in [-0.4, -0.2) is 29.4 Å². The molecule has 2 aromatic carbocycles. The second-order valence-corrected chi connectivity index (χ2v) is 7.16. The monoisotopic (exact) mass is 406 g/mol. The third-order valence-corrected chi connectivity index (χ3v) is 4.65. The Hall–Kier alpha value is -3.54. The summed E-state index contributed by atoms with van der Waals surface area (Å²) < 4.78 is 10.6. The SMILES string of the molecule is CC(C)N(Cc1ccccc1)C(=O)COC(=O)c1ccccc1NCc1ccco1. The molecule has 6 heteroatoms. The molecular weight excluding hydrogens is 380 g/mol. The van der Waals surface area contributed by atoms with Gasteiger partial charge in [-0.05, 0) is 43.7 Å². The van der Waals surface area contributed by atoms with Crippen molar-refractivity contribution in [3.8, 4) is 0 Å². The van der Waals surface area contributed by atoms with Crippen molar-refractivity contribution in [1.29, 1.82) is 0 Å². The molecule has 0 spiro atoms. The van der Waals surface area contributed by atoms with Gasteiger partial charge in [0, 0.05) is 18.3 Å². The molecule has 0 fully saturated rings. The molecule has 6 nitrogen and oxygen atoms in total. The van der Waals surface area contributed by atoms with Gasteiger partial charge in [-0.1, -0.05) is 42.5 Å². The number of amides is 1. The molecule has 3 rings (SSSR count). The van der Waals surface area contributed by atoms with Crippen LogP contribution < -0.4 is 5.32 Å². The van der Waals surface area contributed by atoms with Crippen LogP contribution in [0.2, 0.25) is 0 Å². The summed E-state index contributed by atoms with van der Waals surface area (Å²) in [4.78, 5) is 27.0. The van der Waals surface area contributed by atoms with Crippen LogP contribution in [0.4, 0.5) is 5.69 Å². The number of esters is 1. The van der Waals surface area contributed by atoms with Crippen LogP contribution in [0.3, 0.4) is 0 Å². The number of nitrogens with zero attached hydrogens (tertiary/aromatic N) is 1. The maximum absolute atomic E-state index is 12.7. The van der Waals surface area contributed by atoms with E-state index >= 15 is 0 Å². The summed E-state index contributed by atoms with van der Waals surface area (Å²) >= 11 is 0.